The second-order valence-electron chi connectivity index (χ2n) is 9.84. The lowest BCUT2D eigenvalue weighted by Gasteiger charge is -2.43. The average molecular weight is 484 g/mol. The minimum atomic E-state index is -0.582. The predicted octanol–water partition coefficient (Wildman–Crippen LogP) is 3.80. The highest BCUT2D eigenvalue weighted by Gasteiger charge is 2.39. The van der Waals surface area contributed by atoms with Gasteiger partial charge in [-0.1, -0.05) is 11.6 Å². The number of likely N-dealkylation sites (tertiary alicyclic amines) is 1. The molecule has 0 spiro atoms. The normalized spacial score (nSPS) is 21.1. The van der Waals surface area contributed by atoms with Crippen LogP contribution in [0.1, 0.15) is 33.1 Å². The van der Waals surface area contributed by atoms with Crippen molar-refractivity contribution in [2.24, 2.45) is 0 Å². The molecule has 0 saturated carbocycles. The van der Waals surface area contributed by atoms with Crippen LogP contribution in [0.15, 0.2) is 30.6 Å². The highest BCUT2D eigenvalue weighted by Crippen LogP contribution is 2.33. The minimum Gasteiger partial charge on any atom is -0.372 e. The number of carbonyl (C=O) groups is 2. The maximum absolute atomic E-state index is 13.5. The number of carbonyl (C=O) groups excluding carboxylic acids is 2. The van der Waals surface area contributed by atoms with Gasteiger partial charge < -0.3 is 19.9 Å². The first kappa shape index (κ1) is 23.1. The largest absolute Gasteiger partial charge is 0.372 e. The third kappa shape index (κ3) is 4.62. The number of pyridine rings is 1. The molecule has 9 heteroatoms. The van der Waals surface area contributed by atoms with E-state index in [1.54, 1.807) is 18.5 Å². The van der Waals surface area contributed by atoms with Crippen molar-refractivity contribution in [1.82, 2.24) is 19.8 Å². The van der Waals surface area contributed by atoms with Gasteiger partial charge in [0.25, 0.3) is 0 Å². The van der Waals surface area contributed by atoms with E-state index in [0.717, 1.165) is 54.2 Å². The number of morpholine rings is 1. The summed E-state index contributed by atoms with van der Waals surface area (Å²) in [4.78, 5) is 37.9. The Kier molecular flexibility index (Phi) is 6.22. The Morgan fingerprint density at radius 3 is 2.82 bits per heavy atom. The Balaban J connectivity index is 1.40. The molecular formula is C25H30ClN5O3. The zero-order valence-corrected chi connectivity index (χ0v) is 20.3. The Morgan fingerprint density at radius 1 is 1.24 bits per heavy atom. The summed E-state index contributed by atoms with van der Waals surface area (Å²) in [7, 11) is 0. The van der Waals surface area contributed by atoms with Gasteiger partial charge in [-0.15, -0.1) is 0 Å². The lowest BCUT2D eigenvalue weighted by Crippen LogP contribution is -2.60. The molecular weight excluding hydrogens is 454 g/mol. The molecule has 180 valence electrons. The van der Waals surface area contributed by atoms with Crippen molar-refractivity contribution in [3.05, 3.63) is 35.6 Å². The lowest BCUT2D eigenvalue weighted by atomic mass is 10.0. The summed E-state index contributed by atoms with van der Waals surface area (Å²) in [6.07, 6.45) is 6.72. The van der Waals surface area contributed by atoms with Crippen LogP contribution in [-0.4, -0.2) is 76.0 Å². The fourth-order valence-electron chi connectivity index (χ4n) is 5.01. The van der Waals surface area contributed by atoms with Crippen LogP contribution < -0.4 is 5.32 Å². The third-order valence-electron chi connectivity index (χ3n) is 6.74. The van der Waals surface area contributed by atoms with Crippen LogP contribution in [0.25, 0.3) is 21.8 Å². The second kappa shape index (κ2) is 9.17. The van der Waals surface area contributed by atoms with Crippen molar-refractivity contribution in [1.29, 1.82) is 0 Å². The number of piperidine rings is 1. The fraction of sp³-hybridized carbons (Fsp3) is 0.480. The van der Waals surface area contributed by atoms with Crippen molar-refractivity contribution in [3.63, 3.8) is 0 Å². The van der Waals surface area contributed by atoms with Gasteiger partial charge in [0.2, 0.25) is 11.8 Å². The van der Waals surface area contributed by atoms with Crippen molar-refractivity contribution < 1.29 is 14.3 Å². The standard InChI is InChI=1S/C25H30ClN5O3/c1-25(2)15-31(13-22(32)30-8-4-3-5-9-30)21(14-34-25)24(33)29-19-11-16(26)10-18-17-6-7-27-12-20(17)28-23(18)19/h6-7,10-12,21,28H,3-5,8-9,13-15H2,1-2H3,(H,29,33). The van der Waals surface area contributed by atoms with Gasteiger partial charge in [-0.2, -0.15) is 0 Å². The smallest absolute Gasteiger partial charge is 0.244 e. The summed E-state index contributed by atoms with van der Waals surface area (Å²) < 4.78 is 5.98. The number of aromatic amines is 1. The highest BCUT2D eigenvalue weighted by molar-refractivity contribution is 6.33. The number of aromatic nitrogens is 2. The van der Waals surface area contributed by atoms with E-state index in [9.17, 15) is 9.59 Å². The number of anilines is 1. The summed E-state index contributed by atoms with van der Waals surface area (Å²) in [5.74, 6) is -0.147. The Hall–Kier alpha value is -2.68. The number of fused-ring (bicyclic) bond motifs is 3. The SMILES string of the molecule is CC1(C)CN(CC(=O)N2CCCCC2)C(C(=O)Nc2cc(Cl)cc3c2[nH]c2cnccc23)CO1. The zero-order valence-electron chi connectivity index (χ0n) is 19.6. The molecule has 1 unspecified atom stereocenters. The van der Waals surface area contributed by atoms with Crippen LogP contribution in [0.2, 0.25) is 5.02 Å². The van der Waals surface area contributed by atoms with Crippen LogP contribution in [0, 0.1) is 0 Å². The van der Waals surface area contributed by atoms with Crippen LogP contribution >= 0.6 is 11.6 Å². The first-order valence-electron chi connectivity index (χ1n) is 11.8. The molecule has 5 rings (SSSR count). The fourth-order valence-corrected chi connectivity index (χ4v) is 5.23. The van der Waals surface area contributed by atoms with Crippen LogP contribution in [-0.2, 0) is 14.3 Å². The summed E-state index contributed by atoms with van der Waals surface area (Å²) in [6.45, 7) is 6.46. The monoisotopic (exact) mass is 483 g/mol. The molecule has 2 saturated heterocycles. The molecule has 34 heavy (non-hydrogen) atoms. The Bertz CT molecular complexity index is 1230. The van der Waals surface area contributed by atoms with E-state index in [-0.39, 0.29) is 25.0 Å². The number of amides is 2. The van der Waals surface area contributed by atoms with E-state index in [1.807, 2.05) is 35.8 Å². The predicted molar refractivity (Wildman–Crippen MR) is 133 cm³/mol. The first-order valence-corrected chi connectivity index (χ1v) is 12.2. The number of rotatable bonds is 4. The van der Waals surface area contributed by atoms with Gasteiger partial charge >= 0.3 is 0 Å². The number of hydrogen-bond acceptors (Lipinski definition) is 5. The van der Waals surface area contributed by atoms with Crippen LogP contribution in [0.3, 0.4) is 0 Å². The van der Waals surface area contributed by atoms with E-state index in [0.29, 0.717) is 17.3 Å². The summed E-state index contributed by atoms with van der Waals surface area (Å²) in [6, 6.07) is 4.95. The zero-order chi connectivity index (χ0) is 23.9. The minimum absolute atomic E-state index is 0.0727. The van der Waals surface area contributed by atoms with E-state index in [1.165, 1.54) is 0 Å². The summed E-state index contributed by atoms with van der Waals surface area (Å²) in [5.41, 5.74) is 1.81. The molecule has 1 atom stereocenters. The molecule has 3 aromatic rings. The number of hydrogen-bond donors (Lipinski definition) is 2. The van der Waals surface area contributed by atoms with Crippen LogP contribution in [0.4, 0.5) is 5.69 Å². The van der Waals surface area contributed by atoms with Gasteiger partial charge in [-0.05, 0) is 51.3 Å². The van der Waals surface area contributed by atoms with Gasteiger partial charge in [0.05, 0.1) is 41.7 Å². The number of nitrogens with one attached hydrogen (secondary N) is 2. The number of H-pyrrole nitrogens is 1. The molecule has 0 bridgehead atoms. The molecule has 2 fully saturated rings. The quantitative estimate of drug-likeness (QED) is 0.589. The summed E-state index contributed by atoms with van der Waals surface area (Å²) >= 11 is 6.41. The van der Waals surface area contributed by atoms with Gasteiger partial charge in [0.1, 0.15) is 6.04 Å². The van der Waals surface area contributed by atoms with Gasteiger partial charge in [0, 0.05) is 41.6 Å². The molecule has 0 aliphatic carbocycles. The third-order valence-corrected chi connectivity index (χ3v) is 6.96. The number of nitrogens with zero attached hydrogens (tertiary/aromatic N) is 3. The molecule has 8 nitrogen and oxygen atoms in total. The summed E-state index contributed by atoms with van der Waals surface area (Å²) in [5, 5.41) is 5.47. The molecule has 1 aromatic carbocycles. The van der Waals surface area contributed by atoms with Crippen molar-refractivity contribution in [3.8, 4) is 0 Å². The number of ether oxygens (including phenoxy) is 1. The first-order chi connectivity index (χ1) is 16.3. The van der Waals surface area contributed by atoms with Gasteiger partial charge in [-0.3, -0.25) is 19.5 Å². The lowest BCUT2D eigenvalue weighted by molar-refractivity contribution is -0.150. The highest BCUT2D eigenvalue weighted by atomic mass is 35.5. The van der Waals surface area contributed by atoms with Gasteiger partial charge in [-0.25, -0.2) is 0 Å². The topological polar surface area (TPSA) is 90.6 Å². The maximum Gasteiger partial charge on any atom is 0.244 e. The van der Waals surface area contributed by atoms with Crippen molar-refractivity contribution >= 4 is 50.9 Å². The Labute approximate surface area is 203 Å². The molecule has 2 aliphatic rings. The van der Waals surface area contributed by atoms with Crippen molar-refractivity contribution in [2.45, 2.75) is 44.8 Å². The van der Waals surface area contributed by atoms with Crippen LogP contribution in [0.5, 0.6) is 0 Å². The van der Waals surface area contributed by atoms with Crippen molar-refractivity contribution in [2.75, 3.05) is 38.1 Å². The second-order valence-corrected chi connectivity index (χ2v) is 10.3. The van der Waals surface area contributed by atoms with E-state index < -0.39 is 11.6 Å². The number of benzene rings is 1. The molecule has 4 heterocycles. The van der Waals surface area contributed by atoms with E-state index >= 15 is 0 Å². The molecule has 2 N–H and O–H groups in total. The average Bonchev–Trinajstić information content (AvgIpc) is 3.18. The van der Waals surface area contributed by atoms with E-state index in [4.69, 9.17) is 16.3 Å². The molecule has 0 radical (unpaired) electrons. The molecule has 2 aromatic heterocycles. The number of halogens is 1. The Morgan fingerprint density at radius 2 is 2.03 bits per heavy atom. The maximum atomic E-state index is 13.5. The van der Waals surface area contributed by atoms with E-state index in [2.05, 4.69) is 15.3 Å². The van der Waals surface area contributed by atoms with Gasteiger partial charge in [0.15, 0.2) is 0 Å². The molecule has 2 aliphatic heterocycles. The molecule has 2 amide bonds.